The average molecular weight is 144 g/mol. The fourth-order valence-electron chi connectivity index (χ4n) is 0.396. The predicted octanol–water partition coefficient (Wildman–Crippen LogP) is 0.870. The molecule has 1 aliphatic heterocycles. The van der Waals surface area contributed by atoms with Crippen LogP contribution >= 0.6 is 11.9 Å². The van der Waals surface area contributed by atoms with Gasteiger partial charge in [-0.25, -0.2) is 4.72 Å². The third-order valence-electron chi connectivity index (χ3n) is 0.761. The second kappa shape index (κ2) is 2.54. The van der Waals surface area contributed by atoms with Crippen molar-refractivity contribution >= 4 is 11.9 Å². The first-order valence-electron chi connectivity index (χ1n) is 2.23. The molecule has 0 aromatic carbocycles. The Morgan fingerprint density at radius 2 is 2.56 bits per heavy atom. The first-order chi connectivity index (χ1) is 4.30. The van der Waals surface area contributed by atoms with Gasteiger partial charge in [0.15, 0.2) is 0 Å². The lowest BCUT2D eigenvalue weighted by Crippen LogP contribution is -2.12. The lowest BCUT2D eigenvalue weighted by molar-refractivity contribution is -0.428. The average Bonchev–Trinajstić information content (AvgIpc) is 1.90. The van der Waals surface area contributed by atoms with Gasteiger partial charge in [0.2, 0.25) is 0 Å². The summed E-state index contributed by atoms with van der Waals surface area (Å²) in [4.78, 5) is 9.52. The summed E-state index contributed by atoms with van der Waals surface area (Å²) in [5.74, 6) is 0.0301. The van der Waals surface area contributed by atoms with Crippen LogP contribution in [0.3, 0.4) is 0 Å². The van der Waals surface area contributed by atoms with Crippen LogP contribution in [0.25, 0.3) is 0 Å². The topological polar surface area (TPSA) is 55.2 Å². The molecule has 1 aliphatic rings. The van der Waals surface area contributed by atoms with Crippen LogP contribution in [-0.4, -0.2) is 4.92 Å². The van der Waals surface area contributed by atoms with Gasteiger partial charge in [0, 0.05) is 11.5 Å². The van der Waals surface area contributed by atoms with E-state index in [4.69, 9.17) is 0 Å². The Hall–Kier alpha value is -0.970. The number of hydrogen-bond donors (Lipinski definition) is 1. The van der Waals surface area contributed by atoms with Gasteiger partial charge in [0.25, 0.3) is 0 Å². The van der Waals surface area contributed by atoms with Crippen LogP contribution in [0.4, 0.5) is 0 Å². The minimum Gasteiger partial charge on any atom is -0.358 e. The normalized spacial score (nSPS) is 16.2. The summed E-state index contributed by atoms with van der Waals surface area (Å²) in [5.41, 5.74) is 0. The Balaban J connectivity index is 2.68. The maximum Gasteiger partial charge on any atom is 0.327 e. The summed E-state index contributed by atoms with van der Waals surface area (Å²) in [6.45, 7) is 0. The van der Waals surface area contributed by atoms with Gasteiger partial charge >= 0.3 is 5.82 Å². The zero-order chi connectivity index (χ0) is 6.69. The minimum atomic E-state index is -0.462. The number of hydrogen-bond acceptors (Lipinski definition) is 4. The van der Waals surface area contributed by atoms with Gasteiger partial charge in [-0.05, 0) is 11.0 Å². The third kappa shape index (κ3) is 1.46. The van der Waals surface area contributed by atoms with Gasteiger partial charge in [-0.15, -0.1) is 0 Å². The molecule has 0 saturated carbocycles. The molecule has 0 aliphatic carbocycles. The molecule has 0 unspecified atom stereocenters. The fourth-order valence-corrected chi connectivity index (χ4v) is 0.885. The van der Waals surface area contributed by atoms with Crippen LogP contribution in [0, 0.1) is 10.1 Å². The Kier molecular flexibility index (Phi) is 1.74. The van der Waals surface area contributed by atoms with Gasteiger partial charge in [0.1, 0.15) is 0 Å². The number of allylic oxidation sites excluding steroid dienone is 2. The monoisotopic (exact) mass is 144 g/mol. The maximum absolute atomic E-state index is 9.98. The molecule has 48 valence electrons. The fraction of sp³-hybridized carbons (Fsp3) is 0. The smallest absolute Gasteiger partial charge is 0.327 e. The van der Waals surface area contributed by atoms with E-state index < -0.39 is 4.92 Å². The van der Waals surface area contributed by atoms with Crippen molar-refractivity contribution in [2.75, 3.05) is 0 Å². The van der Waals surface area contributed by atoms with Gasteiger partial charge < -0.3 is 10.1 Å². The quantitative estimate of drug-likeness (QED) is 0.337. The van der Waals surface area contributed by atoms with Crippen LogP contribution in [0.15, 0.2) is 23.4 Å². The minimum absolute atomic E-state index is 0.0301. The highest BCUT2D eigenvalue weighted by Crippen LogP contribution is 2.07. The third-order valence-corrected chi connectivity index (χ3v) is 1.38. The molecule has 4 nitrogen and oxygen atoms in total. The van der Waals surface area contributed by atoms with Crippen molar-refractivity contribution in [1.29, 1.82) is 0 Å². The van der Waals surface area contributed by atoms with Crippen molar-refractivity contribution in [3.8, 4) is 0 Å². The van der Waals surface area contributed by atoms with E-state index in [0.717, 1.165) is 0 Å². The summed E-state index contributed by atoms with van der Waals surface area (Å²) in [5, 5.41) is 11.7. The summed E-state index contributed by atoms with van der Waals surface area (Å²) < 4.78 is 2.51. The molecular formula is C4H4N2O2S. The maximum atomic E-state index is 9.98. The van der Waals surface area contributed by atoms with E-state index in [0.29, 0.717) is 0 Å². The van der Waals surface area contributed by atoms with Gasteiger partial charge in [0.05, 0.1) is 11.9 Å². The molecule has 0 atom stereocenters. The number of nitrogens with zero attached hydrogens (tertiary/aromatic N) is 1. The SMILES string of the molecule is O=[N+]([O-])C1=CC=CSN1. The molecule has 1 heterocycles. The van der Waals surface area contributed by atoms with Gasteiger partial charge in [-0.3, -0.25) is 0 Å². The van der Waals surface area contributed by atoms with Crippen LogP contribution in [0.1, 0.15) is 0 Å². The lowest BCUT2D eigenvalue weighted by Gasteiger charge is -2.00. The highest BCUT2D eigenvalue weighted by atomic mass is 32.2. The Bertz CT molecular complexity index is 187. The molecule has 1 N–H and O–H groups in total. The number of nitro groups is 1. The molecule has 1 rings (SSSR count). The summed E-state index contributed by atoms with van der Waals surface area (Å²) in [6, 6.07) is 0. The molecule has 0 aromatic heterocycles. The zero-order valence-electron chi connectivity index (χ0n) is 4.40. The molecule has 0 amide bonds. The molecule has 0 bridgehead atoms. The highest BCUT2D eigenvalue weighted by molar-refractivity contribution is 8.00. The second-order valence-corrected chi connectivity index (χ2v) is 2.07. The van der Waals surface area contributed by atoms with Crippen molar-refractivity contribution in [2.24, 2.45) is 0 Å². The molecule has 5 heteroatoms. The van der Waals surface area contributed by atoms with E-state index in [9.17, 15) is 10.1 Å². The standard InChI is InChI=1S/C4H4N2O2S/c7-6(8)4-2-1-3-9-5-4/h1-3,5H. The Labute approximate surface area is 55.9 Å². The Morgan fingerprint density at radius 1 is 1.78 bits per heavy atom. The van der Waals surface area contributed by atoms with Crippen molar-refractivity contribution in [2.45, 2.75) is 0 Å². The van der Waals surface area contributed by atoms with Crippen LogP contribution < -0.4 is 4.72 Å². The van der Waals surface area contributed by atoms with Gasteiger partial charge in [-0.2, -0.15) is 0 Å². The van der Waals surface area contributed by atoms with E-state index >= 15 is 0 Å². The summed E-state index contributed by atoms with van der Waals surface area (Å²) >= 11 is 1.19. The number of nitrogens with one attached hydrogen (secondary N) is 1. The Morgan fingerprint density at radius 3 is 2.89 bits per heavy atom. The second-order valence-electron chi connectivity index (χ2n) is 1.36. The van der Waals surface area contributed by atoms with E-state index in [-0.39, 0.29) is 5.82 Å². The first kappa shape index (κ1) is 6.15. The molecule has 0 spiro atoms. The van der Waals surface area contributed by atoms with Crippen molar-refractivity contribution in [3.05, 3.63) is 33.5 Å². The van der Waals surface area contributed by atoms with Crippen LogP contribution in [0.5, 0.6) is 0 Å². The van der Waals surface area contributed by atoms with Gasteiger partial charge in [-0.1, -0.05) is 0 Å². The number of rotatable bonds is 1. The molecule has 0 saturated heterocycles. The molecule has 0 radical (unpaired) electrons. The summed E-state index contributed by atoms with van der Waals surface area (Å²) in [6.07, 6.45) is 3.04. The van der Waals surface area contributed by atoms with E-state index in [1.165, 1.54) is 18.0 Å². The van der Waals surface area contributed by atoms with Crippen molar-refractivity contribution < 1.29 is 4.92 Å². The van der Waals surface area contributed by atoms with Crippen molar-refractivity contribution in [1.82, 2.24) is 4.72 Å². The molecule has 0 aromatic rings. The van der Waals surface area contributed by atoms with E-state index in [1.807, 2.05) is 0 Å². The molecule has 9 heavy (non-hydrogen) atoms. The highest BCUT2D eigenvalue weighted by Gasteiger charge is 2.07. The molecular weight excluding hydrogens is 140 g/mol. The molecule has 0 fully saturated rings. The largest absolute Gasteiger partial charge is 0.358 e. The zero-order valence-corrected chi connectivity index (χ0v) is 5.22. The van der Waals surface area contributed by atoms with E-state index in [2.05, 4.69) is 4.72 Å². The predicted molar refractivity (Wildman–Crippen MR) is 34.9 cm³/mol. The van der Waals surface area contributed by atoms with Crippen molar-refractivity contribution in [3.63, 3.8) is 0 Å². The lowest BCUT2D eigenvalue weighted by atomic mass is 10.5. The first-order valence-corrected chi connectivity index (χ1v) is 3.11. The van der Waals surface area contributed by atoms with Crippen LogP contribution in [0.2, 0.25) is 0 Å². The van der Waals surface area contributed by atoms with E-state index in [1.54, 1.807) is 11.5 Å². The van der Waals surface area contributed by atoms with Crippen LogP contribution in [-0.2, 0) is 0 Å². The summed E-state index contributed by atoms with van der Waals surface area (Å²) in [7, 11) is 0.